The van der Waals surface area contributed by atoms with Gasteiger partial charge in [-0.05, 0) is 42.8 Å². The van der Waals surface area contributed by atoms with E-state index in [4.69, 9.17) is 28.3 Å². The van der Waals surface area contributed by atoms with Gasteiger partial charge in [0.05, 0.1) is 26.7 Å². The van der Waals surface area contributed by atoms with Crippen molar-refractivity contribution in [2.45, 2.75) is 36.4 Å². The second kappa shape index (κ2) is 9.06. The standard InChI is InChI=1S/C19H19Cl2N3O3S2/c1-2-3-8-24-17-7-5-13(29(22,26)27)10-16(17)23-19(24)28-11-18(25)14-9-12(20)4-6-15(14)21/h4-7,9-10H,2-3,8,11H2,1H3,(H2,22,26,27). The van der Waals surface area contributed by atoms with Crippen molar-refractivity contribution in [1.82, 2.24) is 9.55 Å². The number of fused-ring (bicyclic) bond motifs is 1. The number of halogens is 2. The summed E-state index contributed by atoms with van der Waals surface area (Å²) >= 11 is 13.4. The molecule has 10 heteroatoms. The van der Waals surface area contributed by atoms with E-state index in [9.17, 15) is 13.2 Å². The highest BCUT2D eigenvalue weighted by Crippen LogP contribution is 2.28. The van der Waals surface area contributed by atoms with Crippen LogP contribution >= 0.6 is 35.0 Å². The second-order valence-corrected chi connectivity index (χ2v) is 9.78. The van der Waals surface area contributed by atoms with Crippen molar-refractivity contribution in [3.63, 3.8) is 0 Å². The molecule has 0 aliphatic heterocycles. The molecule has 0 atom stereocenters. The van der Waals surface area contributed by atoms with Crippen LogP contribution in [0.1, 0.15) is 30.1 Å². The van der Waals surface area contributed by atoms with Gasteiger partial charge in [-0.3, -0.25) is 4.79 Å². The SMILES string of the molecule is CCCCn1c(SCC(=O)c2cc(Cl)ccc2Cl)nc2cc(S(N)(=O)=O)ccc21. The molecule has 3 rings (SSSR count). The Kier molecular flexibility index (Phi) is 6.90. The molecule has 0 saturated heterocycles. The van der Waals surface area contributed by atoms with E-state index in [1.165, 1.54) is 23.9 Å². The molecule has 6 nitrogen and oxygen atoms in total. The Hall–Kier alpha value is -1.58. The lowest BCUT2D eigenvalue weighted by Gasteiger charge is -2.08. The van der Waals surface area contributed by atoms with Gasteiger partial charge in [-0.1, -0.05) is 48.3 Å². The summed E-state index contributed by atoms with van der Waals surface area (Å²) in [6.45, 7) is 2.78. The van der Waals surface area contributed by atoms with Crippen LogP contribution in [0.4, 0.5) is 0 Å². The molecule has 154 valence electrons. The molecule has 0 bridgehead atoms. The zero-order valence-electron chi connectivity index (χ0n) is 15.6. The molecule has 2 aromatic carbocycles. The number of carbonyl (C=O) groups is 1. The third-order valence-corrected chi connectivity index (χ3v) is 6.76. The Morgan fingerprint density at radius 2 is 1.97 bits per heavy atom. The fraction of sp³-hybridized carbons (Fsp3) is 0.263. The van der Waals surface area contributed by atoms with E-state index in [1.54, 1.807) is 24.3 Å². The van der Waals surface area contributed by atoms with Crippen LogP contribution in [0.25, 0.3) is 11.0 Å². The summed E-state index contributed by atoms with van der Waals surface area (Å²) in [6, 6.07) is 9.37. The Balaban J connectivity index is 1.92. The van der Waals surface area contributed by atoms with Crippen LogP contribution in [0.15, 0.2) is 46.5 Å². The maximum absolute atomic E-state index is 12.6. The summed E-state index contributed by atoms with van der Waals surface area (Å²) in [5.74, 6) is -0.0424. The van der Waals surface area contributed by atoms with Gasteiger partial charge in [-0.2, -0.15) is 0 Å². The molecule has 0 unspecified atom stereocenters. The van der Waals surface area contributed by atoms with Gasteiger partial charge in [0.15, 0.2) is 10.9 Å². The van der Waals surface area contributed by atoms with Crippen molar-refractivity contribution in [1.29, 1.82) is 0 Å². The molecule has 0 aliphatic rings. The fourth-order valence-electron chi connectivity index (χ4n) is 2.83. The first kappa shape index (κ1) is 22.1. The number of nitrogens with two attached hydrogens (primary N) is 1. The molecule has 0 saturated carbocycles. The summed E-state index contributed by atoms with van der Waals surface area (Å²) in [4.78, 5) is 17.2. The summed E-state index contributed by atoms with van der Waals surface area (Å²) in [6.07, 6.45) is 1.90. The Labute approximate surface area is 183 Å². The number of aromatic nitrogens is 2. The number of benzene rings is 2. The van der Waals surface area contributed by atoms with E-state index in [2.05, 4.69) is 11.9 Å². The highest BCUT2D eigenvalue weighted by atomic mass is 35.5. The molecule has 0 amide bonds. The highest BCUT2D eigenvalue weighted by Gasteiger charge is 2.17. The van der Waals surface area contributed by atoms with Gasteiger partial charge >= 0.3 is 0 Å². The van der Waals surface area contributed by atoms with Crippen molar-refractivity contribution in [2.24, 2.45) is 5.14 Å². The van der Waals surface area contributed by atoms with Crippen molar-refractivity contribution in [3.8, 4) is 0 Å². The molecule has 2 N–H and O–H groups in total. The predicted molar refractivity (Wildman–Crippen MR) is 118 cm³/mol. The number of nitrogens with zero attached hydrogens (tertiary/aromatic N) is 2. The number of primary sulfonamides is 1. The first-order valence-electron chi connectivity index (χ1n) is 8.85. The average molecular weight is 472 g/mol. The summed E-state index contributed by atoms with van der Waals surface area (Å²) in [5, 5.41) is 6.64. The lowest BCUT2D eigenvalue weighted by molar-refractivity contribution is 0.102. The Morgan fingerprint density at radius 3 is 2.66 bits per heavy atom. The number of carbonyl (C=O) groups excluding carboxylic acids is 1. The largest absolute Gasteiger partial charge is 0.319 e. The lowest BCUT2D eigenvalue weighted by Crippen LogP contribution is -2.11. The zero-order chi connectivity index (χ0) is 21.2. The first-order valence-corrected chi connectivity index (χ1v) is 12.1. The fourth-order valence-corrected chi connectivity index (χ4v) is 4.68. The maximum Gasteiger partial charge on any atom is 0.238 e. The maximum atomic E-state index is 12.6. The second-order valence-electron chi connectivity index (χ2n) is 6.43. The molecular formula is C19H19Cl2N3O3S2. The van der Waals surface area contributed by atoms with Gasteiger partial charge in [-0.25, -0.2) is 18.5 Å². The van der Waals surface area contributed by atoms with Gasteiger partial charge in [0.1, 0.15) is 0 Å². The van der Waals surface area contributed by atoms with Gasteiger partial charge in [0, 0.05) is 17.1 Å². The van der Waals surface area contributed by atoms with Gasteiger partial charge < -0.3 is 4.57 Å². The topological polar surface area (TPSA) is 95.0 Å². The van der Waals surface area contributed by atoms with E-state index >= 15 is 0 Å². The monoisotopic (exact) mass is 471 g/mol. The normalized spacial score (nSPS) is 11.9. The molecule has 0 fully saturated rings. The van der Waals surface area contributed by atoms with Gasteiger partial charge in [0.2, 0.25) is 10.0 Å². The minimum absolute atomic E-state index is 0.00322. The van der Waals surface area contributed by atoms with E-state index in [0.717, 1.165) is 18.4 Å². The summed E-state index contributed by atoms with van der Waals surface area (Å²) < 4.78 is 25.3. The number of unbranched alkanes of at least 4 members (excludes halogenated alkanes) is 1. The smallest absolute Gasteiger partial charge is 0.238 e. The van der Waals surface area contributed by atoms with Crippen molar-refractivity contribution >= 4 is 61.8 Å². The van der Waals surface area contributed by atoms with Crippen LogP contribution in [0.5, 0.6) is 0 Å². The number of thioether (sulfide) groups is 1. The lowest BCUT2D eigenvalue weighted by atomic mass is 10.1. The molecular weight excluding hydrogens is 453 g/mol. The van der Waals surface area contributed by atoms with Crippen LogP contribution in [-0.4, -0.2) is 29.5 Å². The van der Waals surface area contributed by atoms with Gasteiger partial charge in [-0.15, -0.1) is 0 Å². The molecule has 3 aromatic rings. The number of ketones is 1. The minimum Gasteiger partial charge on any atom is -0.319 e. The Morgan fingerprint density at radius 1 is 1.21 bits per heavy atom. The van der Waals surface area contributed by atoms with Crippen LogP contribution in [-0.2, 0) is 16.6 Å². The Bertz CT molecular complexity index is 1180. The van der Waals surface area contributed by atoms with Crippen molar-refractivity contribution < 1.29 is 13.2 Å². The van der Waals surface area contributed by atoms with E-state index in [-0.39, 0.29) is 16.4 Å². The van der Waals surface area contributed by atoms with Gasteiger partial charge in [0.25, 0.3) is 0 Å². The zero-order valence-corrected chi connectivity index (χ0v) is 18.7. The first-order chi connectivity index (χ1) is 13.7. The average Bonchev–Trinajstić information content (AvgIpc) is 3.02. The van der Waals surface area contributed by atoms with Crippen LogP contribution in [0, 0.1) is 0 Å². The summed E-state index contributed by atoms with van der Waals surface area (Å²) in [5.41, 5.74) is 1.67. The molecule has 1 aromatic heterocycles. The third-order valence-electron chi connectivity index (χ3n) is 4.31. The van der Waals surface area contributed by atoms with Crippen LogP contribution < -0.4 is 5.14 Å². The molecule has 0 radical (unpaired) electrons. The molecule has 0 aliphatic carbocycles. The van der Waals surface area contributed by atoms with Crippen molar-refractivity contribution in [3.05, 3.63) is 52.0 Å². The highest BCUT2D eigenvalue weighted by molar-refractivity contribution is 7.99. The van der Waals surface area contributed by atoms with E-state index < -0.39 is 10.0 Å². The molecule has 0 spiro atoms. The quantitative estimate of drug-likeness (QED) is 0.377. The molecule has 1 heterocycles. The number of rotatable bonds is 8. The predicted octanol–water partition coefficient (Wildman–Crippen LogP) is 4.77. The number of Topliss-reactive ketones (excluding diaryl/α,β-unsaturated/α-hetero) is 1. The number of hydrogen-bond acceptors (Lipinski definition) is 5. The number of aryl methyl sites for hydroxylation is 1. The third kappa shape index (κ3) is 5.13. The van der Waals surface area contributed by atoms with Crippen LogP contribution in [0.2, 0.25) is 10.0 Å². The molecule has 29 heavy (non-hydrogen) atoms. The van der Waals surface area contributed by atoms with Crippen LogP contribution in [0.3, 0.4) is 0 Å². The number of imidazole rings is 1. The number of hydrogen-bond donors (Lipinski definition) is 1. The van der Waals surface area contributed by atoms with E-state index in [0.29, 0.717) is 32.8 Å². The minimum atomic E-state index is -3.82. The van der Waals surface area contributed by atoms with Crippen molar-refractivity contribution in [2.75, 3.05) is 5.75 Å². The number of sulfonamides is 1. The van der Waals surface area contributed by atoms with E-state index in [1.807, 2.05) is 4.57 Å². The summed E-state index contributed by atoms with van der Waals surface area (Å²) in [7, 11) is -3.82.